The Hall–Kier alpha value is -1.59. The Kier molecular flexibility index (Phi) is 47.7. The van der Waals surface area contributed by atoms with E-state index in [0.29, 0.717) is 19.3 Å². The van der Waals surface area contributed by atoms with E-state index in [0.717, 1.165) is 64.2 Å². The number of unbranched alkanes of at least 4 members (excludes halogenated alkanes) is 38. The molecule has 0 spiro atoms. The van der Waals surface area contributed by atoms with Crippen LogP contribution in [0.15, 0.2) is 0 Å². The Morgan fingerprint density at radius 3 is 0.678 bits per heavy atom. The lowest BCUT2D eigenvalue weighted by atomic mass is 10.0. The standard InChI is InChI=1S/C53H102O6/c1-4-7-10-13-15-17-19-21-23-25-27-29-31-33-35-37-40-43-46-52(55)58-49-50(48-57-51(54)45-42-39-12-9-6-3)59-53(56)47-44-41-38-36-34-32-30-28-26-24-22-20-18-16-14-11-8-5-2/h50H,4-49H2,1-3H3/t50-/m0/s1. The number of ether oxygens (including phenoxy) is 3. The van der Waals surface area contributed by atoms with E-state index in [2.05, 4.69) is 20.8 Å². The van der Waals surface area contributed by atoms with E-state index in [1.807, 2.05) is 0 Å². The van der Waals surface area contributed by atoms with Gasteiger partial charge in [-0.05, 0) is 19.3 Å². The Morgan fingerprint density at radius 1 is 0.271 bits per heavy atom. The predicted molar refractivity (Wildman–Crippen MR) is 252 cm³/mol. The van der Waals surface area contributed by atoms with E-state index >= 15 is 0 Å². The zero-order chi connectivity index (χ0) is 43.0. The van der Waals surface area contributed by atoms with Crippen LogP contribution in [0.5, 0.6) is 0 Å². The van der Waals surface area contributed by atoms with E-state index in [1.54, 1.807) is 0 Å². The van der Waals surface area contributed by atoms with Crippen molar-refractivity contribution in [2.45, 2.75) is 309 Å². The highest BCUT2D eigenvalue weighted by Crippen LogP contribution is 2.17. The molecule has 59 heavy (non-hydrogen) atoms. The molecule has 350 valence electrons. The second-order valence-corrected chi connectivity index (χ2v) is 18.2. The number of carbonyl (C=O) groups is 3. The average Bonchev–Trinajstić information content (AvgIpc) is 3.23. The summed E-state index contributed by atoms with van der Waals surface area (Å²) in [5, 5.41) is 0. The molecular weight excluding hydrogens is 733 g/mol. The first-order valence-corrected chi connectivity index (χ1v) is 26.5. The Labute approximate surface area is 368 Å². The van der Waals surface area contributed by atoms with Gasteiger partial charge >= 0.3 is 17.9 Å². The van der Waals surface area contributed by atoms with Gasteiger partial charge in [0.1, 0.15) is 13.2 Å². The normalized spacial score (nSPS) is 11.8. The molecule has 0 rings (SSSR count). The Bertz CT molecular complexity index is 874. The van der Waals surface area contributed by atoms with Crippen molar-refractivity contribution in [2.75, 3.05) is 13.2 Å². The molecule has 6 heteroatoms. The van der Waals surface area contributed by atoms with E-state index < -0.39 is 6.10 Å². The minimum Gasteiger partial charge on any atom is -0.462 e. The zero-order valence-electron chi connectivity index (χ0n) is 40.1. The summed E-state index contributed by atoms with van der Waals surface area (Å²) in [4.78, 5) is 37.7. The number of hydrogen-bond acceptors (Lipinski definition) is 6. The minimum atomic E-state index is -0.758. The lowest BCUT2D eigenvalue weighted by Gasteiger charge is -2.18. The Morgan fingerprint density at radius 2 is 0.458 bits per heavy atom. The first-order chi connectivity index (χ1) is 29.0. The minimum absolute atomic E-state index is 0.0630. The molecule has 0 aromatic rings. The summed E-state index contributed by atoms with van der Waals surface area (Å²) in [5.74, 6) is -0.855. The van der Waals surface area contributed by atoms with E-state index in [9.17, 15) is 14.4 Å². The highest BCUT2D eigenvalue weighted by molar-refractivity contribution is 5.71. The fraction of sp³-hybridized carbons (Fsp3) is 0.943. The van der Waals surface area contributed by atoms with Gasteiger partial charge in [-0.2, -0.15) is 0 Å². The smallest absolute Gasteiger partial charge is 0.306 e. The van der Waals surface area contributed by atoms with Crippen LogP contribution in [-0.4, -0.2) is 37.2 Å². The number of carbonyl (C=O) groups excluding carboxylic acids is 3. The molecule has 0 aromatic heterocycles. The number of hydrogen-bond donors (Lipinski definition) is 0. The first kappa shape index (κ1) is 57.4. The van der Waals surface area contributed by atoms with Crippen LogP contribution in [0.3, 0.4) is 0 Å². The lowest BCUT2D eigenvalue weighted by Crippen LogP contribution is -2.30. The topological polar surface area (TPSA) is 78.9 Å². The molecule has 0 aliphatic heterocycles. The molecule has 0 aliphatic rings. The van der Waals surface area contributed by atoms with Gasteiger partial charge in [0, 0.05) is 19.3 Å². The van der Waals surface area contributed by atoms with E-state index in [4.69, 9.17) is 14.2 Å². The molecular formula is C53H102O6. The maximum atomic E-state index is 12.7. The van der Waals surface area contributed by atoms with Crippen LogP contribution in [0.4, 0.5) is 0 Å². The second-order valence-electron chi connectivity index (χ2n) is 18.2. The molecule has 0 saturated heterocycles. The van der Waals surface area contributed by atoms with Crippen molar-refractivity contribution >= 4 is 17.9 Å². The number of rotatable bonds is 49. The van der Waals surface area contributed by atoms with Crippen LogP contribution in [0.1, 0.15) is 303 Å². The third-order valence-corrected chi connectivity index (χ3v) is 12.1. The summed E-state index contributed by atoms with van der Waals surface area (Å²) in [6, 6.07) is 0. The largest absolute Gasteiger partial charge is 0.462 e. The fourth-order valence-corrected chi connectivity index (χ4v) is 8.09. The van der Waals surface area contributed by atoms with Crippen LogP contribution in [-0.2, 0) is 28.6 Å². The highest BCUT2D eigenvalue weighted by Gasteiger charge is 2.19. The van der Waals surface area contributed by atoms with Crippen molar-refractivity contribution in [3.8, 4) is 0 Å². The second kappa shape index (κ2) is 49.1. The van der Waals surface area contributed by atoms with Crippen molar-refractivity contribution in [3.63, 3.8) is 0 Å². The van der Waals surface area contributed by atoms with Crippen LogP contribution < -0.4 is 0 Å². The first-order valence-electron chi connectivity index (χ1n) is 26.5. The summed E-state index contributed by atoms with van der Waals surface area (Å²) in [6.45, 7) is 6.61. The summed E-state index contributed by atoms with van der Waals surface area (Å²) >= 11 is 0. The molecule has 0 unspecified atom stereocenters. The molecule has 0 amide bonds. The van der Waals surface area contributed by atoms with Gasteiger partial charge in [0.15, 0.2) is 6.10 Å². The quantitative estimate of drug-likeness (QED) is 0.0345. The van der Waals surface area contributed by atoms with Gasteiger partial charge in [-0.3, -0.25) is 14.4 Å². The molecule has 1 atom stereocenters. The van der Waals surface area contributed by atoms with Gasteiger partial charge in [0.05, 0.1) is 0 Å². The predicted octanol–water partition coefficient (Wildman–Crippen LogP) is 17.2. The fourth-order valence-electron chi connectivity index (χ4n) is 8.09. The SMILES string of the molecule is CCCCCCCCCCCCCCCCCCCCC(=O)OC[C@H](COC(=O)CCCCCCC)OC(=O)CCCCCCCCCCCCCCCCCCCC. The molecule has 0 radical (unpaired) electrons. The highest BCUT2D eigenvalue weighted by atomic mass is 16.6. The summed E-state index contributed by atoms with van der Waals surface area (Å²) in [6.07, 6.45) is 52.7. The lowest BCUT2D eigenvalue weighted by molar-refractivity contribution is -0.167. The van der Waals surface area contributed by atoms with Gasteiger partial charge in [-0.15, -0.1) is 0 Å². The van der Waals surface area contributed by atoms with E-state index in [-0.39, 0.29) is 31.1 Å². The molecule has 0 N–H and O–H groups in total. The Balaban J connectivity index is 4.08. The molecule has 0 heterocycles. The van der Waals surface area contributed by atoms with Crippen LogP contribution in [0.2, 0.25) is 0 Å². The van der Waals surface area contributed by atoms with Crippen LogP contribution in [0, 0.1) is 0 Å². The third-order valence-electron chi connectivity index (χ3n) is 12.1. The third kappa shape index (κ3) is 47.3. The summed E-state index contributed by atoms with van der Waals surface area (Å²) in [7, 11) is 0. The maximum Gasteiger partial charge on any atom is 0.306 e. The molecule has 0 bridgehead atoms. The monoisotopic (exact) mass is 835 g/mol. The van der Waals surface area contributed by atoms with Gasteiger partial charge in [0.2, 0.25) is 0 Å². The van der Waals surface area contributed by atoms with Crippen molar-refractivity contribution in [3.05, 3.63) is 0 Å². The average molecular weight is 835 g/mol. The number of esters is 3. The molecule has 0 aromatic carbocycles. The summed E-state index contributed by atoms with van der Waals surface area (Å²) in [5.41, 5.74) is 0. The van der Waals surface area contributed by atoms with E-state index in [1.165, 1.54) is 199 Å². The van der Waals surface area contributed by atoms with Gasteiger partial charge in [0.25, 0.3) is 0 Å². The maximum absolute atomic E-state index is 12.7. The van der Waals surface area contributed by atoms with Crippen LogP contribution >= 0.6 is 0 Å². The van der Waals surface area contributed by atoms with Gasteiger partial charge in [-0.25, -0.2) is 0 Å². The van der Waals surface area contributed by atoms with Crippen LogP contribution in [0.25, 0.3) is 0 Å². The van der Waals surface area contributed by atoms with Crippen molar-refractivity contribution in [1.29, 1.82) is 0 Å². The molecule has 0 aliphatic carbocycles. The molecule has 0 saturated carbocycles. The molecule has 6 nitrogen and oxygen atoms in total. The molecule has 0 fully saturated rings. The van der Waals surface area contributed by atoms with Crippen molar-refractivity contribution in [2.24, 2.45) is 0 Å². The van der Waals surface area contributed by atoms with Crippen molar-refractivity contribution in [1.82, 2.24) is 0 Å². The van der Waals surface area contributed by atoms with Gasteiger partial charge < -0.3 is 14.2 Å². The van der Waals surface area contributed by atoms with Crippen molar-refractivity contribution < 1.29 is 28.6 Å². The zero-order valence-corrected chi connectivity index (χ0v) is 40.1. The summed E-state index contributed by atoms with van der Waals surface area (Å²) < 4.78 is 16.7. The van der Waals surface area contributed by atoms with Gasteiger partial charge in [-0.1, -0.05) is 265 Å².